The van der Waals surface area contributed by atoms with Crippen molar-refractivity contribution in [3.05, 3.63) is 107 Å². The van der Waals surface area contributed by atoms with Crippen LogP contribution in [0.5, 0.6) is 0 Å². The molecule has 0 radical (unpaired) electrons. The molecule has 53 heavy (non-hydrogen) atoms. The molecule has 2 fully saturated rings. The van der Waals surface area contributed by atoms with E-state index in [1.807, 2.05) is 0 Å². The third kappa shape index (κ3) is 6.53. The number of ether oxygens (including phenoxy) is 4. The highest BCUT2D eigenvalue weighted by atomic mass is 32.1. The minimum absolute atomic E-state index is 0.105. The van der Waals surface area contributed by atoms with Crippen LogP contribution in [-0.4, -0.2) is 65.6 Å². The number of hydrogen-bond donors (Lipinski definition) is 0. The molecule has 0 spiro atoms. The number of alkyl halides is 3. The largest absolute Gasteiger partial charge is 0.457 e. The quantitative estimate of drug-likeness (QED) is 0.104. The molecule has 8 rings (SSSR count). The first-order valence-electron chi connectivity index (χ1n) is 16.0. The Morgan fingerprint density at radius 1 is 1.00 bits per heavy atom. The Kier molecular flexibility index (Phi) is 8.75. The van der Waals surface area contributed by atoms with E-state index < -0.39 is 72.2 Å². The summed E-state index contributed by atoms with van der Waals surface area (Å²) in [5.41, 5.74) is 1.15. The van der Waals surface area contributed by atoms with Crippen LogP contribution in [0.25, 0.3) is 27.2 Å². The Labute approximate surface area is 298 Å². The van der Waals surface area contributed by atoms with Crippen LogP contribution in [0.4, 0.5) is 26.3 Å². The van der Waals surface area contributed by atoms with Gasteiger partial charge < -0.3 is 18.9 Å². The average molecular weight is 758 g/mol. The van der Waals surface area contributed by atoms with E-state index in [4.69, 9.17) is 18.9 Å². The molecule has 2 aliphatic rings. The smallest absolute Gasteiger partial charge is 0.453 e. The van der Waals surface area contributed by atoms with E-state index in [1.165, 1.54) is 28.3 Å². The maximum absolute atomic E-state index is 14.3. The number of aryl methyl sites for hydroxylation is 1. The summed E-state index contributed by atoms with van der Waals surface area (Å²) in [6, 6.07) is 13.8. The van der Waals surface area contributed by atoms with Gasteiger partial charge in [0.15, 0.2) is 41.8 Å². The Balaban J connectivity index is 1.28. The van der Waals surface area contributed by atoms with E-state index in [9.17, 15) is 31.1 Å². The van der Waals surface area contributed by atoms with E-state index in [1.54, 1.807) is 49.4 Å². The number of halogens is 6. The van der Waals surface area contributed by atoms with Gasteiger partial charge >= 0.3 is 12.1 Å². The number of nitrogens with zero attached hydrogens (tertiary/aromatic N) is 7. The van der Waals surface area contributed by atoms with Crippen molar-refractivity contribution in [2.45, 2.75) is 56.8 Å². The number of carbonyl (C=O) groups is 1. The fourth-order valence-electron chi connectivity index (χ4n) is 6.45. The standard InChI is InChI=1S/C34H25F6N7O5S/c1-15-41-22-9-8-19(12-25(22)53-15)47-31(42-33(44-47)34(38,39)40)30-29(50-16(2)48)27(28-24(51-30)14-49-32(52-28)17-6-4-3-5-7-17)46-13-23(43-45-46)18-10-20(35)26(37)21(36)11-18/h3-13,24,27-30,32H,14H2,1-2H3/t24-,27+,28+,29-,30-,32+/m1/s1. The first kappa shape index (κ1) is 34.8. The van der Waals surface area contributed by atoms with E-state index in [2.05, 4.69) is 25.4 Å². The minimum atomic E-state index is -4.99. The molecule has 0 amide bonds. The lowest BCUT2D eigenvalue weighted by Crippen LogP contribution is -2.58. The van der Waals surface area contributed by atoms with Crippen LogP contribution in [0.3, 0.4) is 0 Å². The van der Waals surface area contributed by atoms with Crippen LogP contribution in [0.2, 0.25) is 0 Å². The lowest BCUT2D eigenvalue weighted by Gasteiger charge is -2.48. The summed E-state index contributed by atoms with van der Waals surface area (Å²) >= 11 is 1.32. The van der Waals surface area contributed by atoms with Crippen LogP contribution >= 0.6 is 11.3 Å². The number of thiazole rings is 1. The molecule has 2 aliphatic heterocycles. The number of aromatic nitrogens is 7. The van der Waals surface area contributed by atoms with Crippen molar-refractivity contribution in [1.82, 2.24) is 34.7 Å². The zero-order valence-corrected chi connectivity index (χ0v) is 28.2. The fraction of sp³-hybridized carbons (Fsp3) is 0.294. The van der Waals surface area contributed by atoms with Gasteiger partial charge in [-0.2, -0.15) is 13.2 Å². The van der Waals surface area contributed by atoms with Crippen molar-refractivity contribution in [3.8, 4) is 16.9 Å². The molecule has 2 saturated heterocycles. The normalized spacial score (nSPS) is 23.2. The summed E-state index contributed by atoms with van der Waals surface area (Å²) < 4.78 is 113. The van der Waals surface area contributed by atoms with Gasteiger partial charge in [-0.3, -0.25) is 4.79 Å². The minimum Gasteiger partial charge on any atom is -0.457 e. The number of carbonyl (C=O) groups excluding carboxylic acids is 1. The van der Waals surface area contributed by atoms with E-state index >= 15 is 0 Å². The highest BCUT2D eigenvalue weighted by Crippen LogP contribution is 2.46. The monoisotopic (exact) mass is 757 g/mol. The molecular weight excluding hydrogens is 732 g/mol. The van der Waals surface area contributed by atoms with E-state index in [-0.39, 0.29) is 29.4 Å². The average Bonchev–Trinajstić information content (AvgIpc) is 3.88. The lowest BCUT2D eigenvalue weighted by molar-refractivity contribution is -0.320. The summed E-state index contributed by atoms with van der Waals surface area (Å²) in [5.74, 6) is -7.32. The predicted molar refractivity (Wildman–Crippen MR) is 172 cm³/mol. The molecule has 0 unspecified atom stereocenters. The van der Waals surface area contributed by atoms with Crippen molar-refractivity contribution >= 4 is 27.5 Å². The second kappa shape index (κ2) is 13.3. The van der Waals surface area contributed by atoms with Crippen molar-refractivity contribution in [2.75, 3.05) is 6.61 Å². The molecule has 274 valence electrons. The lowest BCUT2D eigenvalue weighted by atomic mass is 9.90. The second-order valence-corrected chi connectivity index (χ2v) is 13.5. The van der Waals surface area contributed by atoms with Crippen LogP contribution in [0.15, 0.2) is 66.9 Å². The summed E-state index contributed by atoms with van der Waals surface area (Å²) in [6.07, 6.45) is -9.86. The molecule has 0 saturated carbocycles. The summed E-state index contributed by atoms with van der Waals surface area (Å²) in [7, 11) is 0. The molecule has 0 aliphatic carbocycles. The molecular formula is C34H25F6N7O5S. The second-order valence-electron chi connectivity index (χ2n) is 12.3. The molecule has 3 aromatic heterocycles. The maximum Gasteiger partial charge on any atom is 0.453 e. The van der Waals surface area contributed by atoms with Gasteiger partial charge in [-0.1, -0.05) is 35.5 Å². The zero-order chi connectivity index (χ0) is 37.2. The van der Waals surface area contributed by atoms with Crippen LogP contribution in [0, 0.1) is 24.4 Å². The van der Waals surface area contributed by atoms with E-state index in [0.29, 0.717) is 15.8 Å². The van der Waals surface area contributed by atoms with Gasteiger partial charge in [-0.25, -0.2) is 32.5 Å². The van der Waals surface area contributed by atoms with Gasteiger partial charge in [0.25, 0.3) is 5.82 Å². The summed E-state index contributed by atoms with van der Waals surface area (Å²) in [4.78, 5) is 21.1. The van der Waals surface area contributed by atoms with Crippen molar-refractivity contribution in [1.29, 1.82) is 0 Å². The molecule has 5 heterocycles. The first-order chi connectivity index (χ1) is 25.3. The van der Waals surface area contributed by atoms with Crippen molar-refractivity contribution in [2.24, 2.45) is 0 Å². The maximum atomic E-state index is 14.3. The van der Waals surface area contributed by atoms with Crippen molar-refractivity contribution in [3.63, 3.8) is 0 Å². The van der Waals surface area contributed by atoms with Gasteiger partial charge in [-0.05, 0) is 37.3 Å². The van der Waals surface area contributed by atoms with Crippen LogP contribution < -0.4 is 0 Å². The Hall–Kier alpha value is -5.24. The molecule has 3 aromatic carbocycles. The third-order valence-corrected chi connectivity index (χ3v) is 9.62. The molecule has 19 heteroatoms. The number of hydrogen-bond acceptors (Lipinski definition) is 11. The van der Waals surface area contributed by atoms with Gasteiger partial charge in [0, 0.05) is 18.1 Å². The van der Waals surface area contributed by atoms with Crippen LogP contribution in [-0.2, 0) is 29.9 Å². The summed E-state index contributed by atoms with van der Waals surface area (Å²) in [6.45, 7) is 2.74. The Bertz CT molecular complexity index is 2310. The molecule has 0 N–H and O–H groups in total. The number of esters is 1. The number of benzene rings is 3. The van der Waals surface area contributed by atoms with E-state index in [0.717, 1.165) is 28.7 Å². The molecule has 12 nitrogen and oxygen atoms in total. The zero-order valence-electron chi connectivity index (χ0n) is 27.4. The fourth-order valence-corrected chi connectivity index (χ4v) is 7.31. The van der Waals surface area contributed by atoms with Gasteiger partial charge in [0.05, 0.1) is 33.7 Å². The topological polar surface area (TPSA) is 128 Å². The molecule has 0 bridgehead atoms. The summed E-state index contributed by atoms with van der Waals surface area (Å²) in [5, 5.41) is 12.8. The van der Waals surface area contributed by atoms with Gasteiger partial charge in [0.1, 0.15) is 23.9 Å². The van der Waals surface area contributed by atoms with Gasteiger partial charge in [0.2, 0.25) is 0 Å². The first-order valence-corrected chi connectivity index (χ1v) is 16.8. The Morgan fingerprint density at radius 3 is 2.47 bits per heavy atom. The van der Waals surface area contributed by atoms with Gasteiger partial charge in [-0.15, -0.1) is 21.5 Å². The highest BCUT2D eigenvalue weighted by molar-refractivity contribution is 7.18. The number of fused-ring (bicyclic) bond motifs is 2. The molecule has 6 aromatic rings. The predicted octanol–water partition coefficient (Wildman–Crippen LogP) is 6.61. The van der Waals surface area contributed by atoms with Crippen LogP contribution in [0.1, 0.15) is 47.6 Å². The highest BCUT2D eigenvalue weighted by Gasteiger charge is 2.55. The van der Waals surface area contributed by atoms with Crippen molar-refractivity contribution < 1.29 is 50.1 Å². The Morgan fingerprint density at radius 2 is 1.75 bits per heavy atom. The third-order valence-electron chi connectivity index (χ3n) is 8.68. The number of rotatable bonds is 6. The molecule has 6 atom stereocenters. The SMILES string of the molecule is CC(=O)O[C@@H]1[C@@H](n2cc(-c3cc(F)c(F)c(F)c3)nn2)[C@H]2O[C@@H](c3ccccc3)OC[C@H]2O[C@H]1c1nc(C(F)(F)F)nn1-c1ccc2nc(C)sc2c1.